The molecular formula is C19H28N6O. The zero-order chi connectivity index (χ0) is 18.2. The summed E-state index contributed by atoms with van der Waals surface area (Å²) in [6.45, 7) is 6.93. The van der Waals surface area contributed by atoms with Gasteiger partial charge in [0.2, 0.25) is 0 Å². The zero-order valence-electron chi connectivity index (χ0n) is 15.4. The second kappa shape index (κ2) is 9.33. The van der Waals surface area contributed by atoms with E-state index in [1.165, 1.54) is 25.9 Å². The van der Waals surface area contributed by atoms with Crippen LogP contribution in [0.5, 0.6) is 0 Å². The molecule has 2 aromatic heterocycles. The van der Waals surface area contributed by atoms with E-state index in [-0.39, 0.29) is 6.03 Å². The fourth-order valence-electron chi connectivity index (χ4n) is 3.10. The van der Waals surface area contributed by atoms with Crippen LogP contribution >= 0.6 is 0 Å². The first-order valence-electron chi connectivity index (χ1n) is 9.38. The van der Waals surface area contributed by atoms with E-state index >= 15 is 0 Å². The van der Waals surface area contributed by atoms with Crippen LogP contribution < -0.4 is 10.6 Å². The van der Waals surface area contributed by atoms with Gasteiger partial charge >= 0.3 is 6.03 Å². The normalized spacial score (nSPS) is 15.7. The number of carbonyl (C=O) groups is 1. The Morgan fingerprint density at radius 1 is 1.27 bits per heavy atom. The number of urea groups is 1. The molecule has 3 heterocycles. The van der Waals surface area contributed by atoms with Crippen LogP contribution in [-0.2, 0) is 6.54 Å². The number of nitrogens with one attached hydrogen (secondary N) is 2. The summed E-state index contributed by atoms with van der Waals surface area (Å²) in [6, 6.07) is 3.74. The van der Waals surface area contributed by atoms with Gasteiger partial charge in [-0.25, -0.2) is 14.8 Å². The Labute approximate surface area is 154 Å². The predicted molar refractivity (Wildman–Crippen MR) is 101 cm³/mol. The van der Waals surface area contributed by atoms with Gasteiger partial charge in [0, 0.05) is 31.7 Å². The van der Waals surface area contributed by atoms with Gasteiger partial charge in [0.1, 0.15) is 12.1 Å². The molecule has 2 N–H and O–H groups in total. The number of carbonyl (C=O) groups excluding carboxylic acids is 1. The van der Waals surface area contributed by atoms with E-state index in [4.69, 9.17) is 0 Å². The molecule has 1 aliphatic rings. The van der Waals surface area contributed by atoms with Gasteiger partial charge < -0.3 is 15.5 Å². The molecule has 0 radical (unpaired) electrons. The summed E-state index contributed by atoms with van der Waals surface area (Å²) < 4.78 is 1.84. The monoisotopic (exact) mass is 356 g/mol. The highest BCUT2D eigenvalue weighted by Crippen LogP contribution is 2.15. The molecule has 0 spiro atoms. The van der Waals surface area contributed by atoms with Gasteiger partial charge in [-0.1, -0.05) is 13.0 Å². The fourth-order valence-corrected chi connectivity index (χ4v) is 3.10. The lowest BCUT2D eigenvalue weighted by Gasteiger charge is -2.30. The number of aromatic nitrogens is 3. The highest BCUT2D eigenvalue weighted by atomic mass is 16.2. The van der Waals surface area contributed by atoms with Crippen LogP contribution in [0.25, 0.3) is 5.82 Å². The minimum atomic E-state index is -0.129. The largest absolute Gasteiger partial charge is 0.338 e. The van der Waals surface area contributed by atoms with Crippen molar-refractivity contribution >= 4 is 6.03 Å². The number of hydrogen-bond donors (Lipinski definition) is 2. The molecule has 7 nitrogen and oxygen atoms in total. The average molecular weight is 356 g/mol. The summed E-state index contributed by atoms with van der Waals surface area (Å²) in [5, 5.41) is 5.80. The van der Waals surface area contributed by atoms with Crippen LogP contribution in [-0.4, -0.2) is 51.6 Å². The highest BCUT2D eigenvalue weighted by Gasteiger charge is 2.14. The number of piperidine rings is 1. The molecule has 0 saturated carbocycles. The standard InChI is InChI=1S/C19H28N6O/c1-16-5-10-24(11-6-16)9-2-7-21-19(26)23-14-17-3-4-18(22-13-17)25-12-8-20-15-25/h3-4,8,12-13,15-16H,2,5-7,9-11,14H2,1H3,(H2,21,23,26). The molecule has 0 unspecified atom stereocenters. The molecule has 26 heavy (non-hydrogen) atoms. The molecule has 1 aliphatic heterocycles. The average Bonchev–Trinajstić information content (AvgIpc) is 3.20. The van der Waals surface area contributed by atoms with Gasteiger partial charge in [0.15, 0.2) is 0 Å². The Morgan fingerprint density at radius 2 is 2.12 bits per heavy atom. The van der Waals surface area contributed by atoms with Gasteiger partial charge in [0.05, 0.1) is 0 Å². The van der Waals surface area contributed by atoms with Crippen molar-refractivity contribution in [1.82, 2.24) is 30.1 Å². The smallest absolute Gasteiger partial charge is 0.315 e. The van der Waals surface area contributed by atoms with Crippen LogP contribution in [0.1, 0.15) is 31.7 Å². The molecule has 0 aliphatic carbocycles. The zero-order valence-corrected chi connectivity index (χ0v) is 15.4. The SMILES string of the molecule is CC1CCN(CCCNC(=O)NCc2ccc(-n3ccnc3)nc2)CC1. The topological polar surface area (TPSA) is 75.1 Å². The maximum atomic E-state index is 11.9. The van der Waals surface area contributed by atoms with Gasteiger partial charge in [0.25, 0.3) is 0 Å². The van der Waals surface area contributed by atoms with Crippen LogP contribution in [0, 0.1) is 5.92 Å². The van der Waals surface area contributed by atoms with Crippen molar-refractivity contribution in [3.05, 3.63) is 42.6 Å². The van der Waals surface area contributed by atoms with Crippen LogP contribution in [0.4, 0.5) is 4.79 Å². The van der Waals surface area contributed by atoms with Crippen LogP contribution in [0.3, 0.4) is 0 Å². The number of hydrogen-bond acceptors (Lipinski definition) is 4. The number of pyridine rings is 1. The van der Waals surface area contributed by atoms with Crippen molar-refractivity contribution in [2.24, 2.45) is 5.92 Å². The highest BCUT2D eigenvalue weighted by molar-refractivity contribution is 5.73. The molecule has 2 aromatic rings. The van der Waals surface area contributed by atoms with Crippen molar-refractivity contribution in [1.29, 1.82) is 0 Å². The van der Waals surface area contributed by atoms with E-state index in [0.29, 0.717) is 13.1 Å². The van der Waals surface area contributed by atoms with E-state index in [1.54, 1.807) is 18.7 Å². The molecule has 0 aromatic carbocycles. The third kappa shape index (κ3) is 5.56. The lowest BCUT2D eigenvalue weighted by molar-refractivity contribution is 0.190. The van der Waals surface area contributed by atoms with Gasteiger partial charge in [-0.05, 0) is 56.4 Å². The minimum Gasteiger partial charge on any atom is -0.338 e. The fraction of sp³-hybridized carbons (Fsp3) is 0.526. The van der Waals surface area contributed by atoms with Crippen LogP contribution in [0.15, 0.2) is 37.1 Å². The summed E-state index contributed by atoms with van der Waals surface area (Å²) in [4.78, 5) is 22.8. The Kier molecular flexibility index (Phi) is 6.60. The number of nitrogens with zero attached hydrogens (tertiary/aromatic N) is 4. The summed E-state index contributed by atoms with van der Waals surface area (Å²) in [5.41, 5.74) is 0.964. The van der Waals surface area contributed by atoms with Crippen molar-refractivity contribution in [2.75, 3.05) is 26.2 Å². The van der Waals surface area contributed by atoms with Gasteiger partial charge in [-0.3, -0.25) is 4.57 Å². The summed E-state index contributed by atoms with van der Waals surface area (Å²) in [6.07, 6.45) is 10.6. The Morgan fingerprint density at radius 3 is 2.81 bits per heavy atom. The van der Waals surface area contributed by atoms with Crippen molar-refractivity contribution in [3.63, 3.8) is 0 Å². The molecule has 1 fully saturated rings. The second-order valence-corrected chi connectivity index (χ2v) is 6.98. The summed E-state index contributed by atoms with van der Waals surface area (Å²) in [7, 11) is 0. The molecule has 7 heteroatoms. The molecule has 2 amide bonds. The lowest BCUT2D eigenvalue weighted by atomic mass is 9.99. The number of imidazole rings is 1. The third-order valence-electron chi connectivity index (χ3n) is 4.84. The minimum absolute atomic E-state index is 0.129. The maximum Gasteiger partial charge on any atom is 0.315 e. The first-order chi connectivity index (χ1) is 12.7. The first kappa shape index (κ1) is 18.4. The molecule has 0 bridgehead atoms. The second-order valence-electron chi connectivity index (χ2n) is 6.98. The molecule has 1 saturated heterocycles. The van der Waals surface area contributed by atoms with E-state index < -0.39 is 0 Å². The van der Waals surface area contributed by atoms with Gasteiger partial charge in [-0.2, -0.15) is 0 Å². The van der Waals surface area contributed by atoms with Crippen LogP contribution in [0.2, 0.25) is 0 Å². The quantitative estimate of drug-likeness (QED) is 0.746. The molecule has 0 atom stereocenters. The number of likely N-dealkylation sites (tertiary alicyclic amines) is 1. The maximum absolute atomic E-state index is 11.9. The van der Waals surface area contributed by atoms with E-state index in [0.717, 1.165) is 30.3 Å². The molecular weight excluding hydrogens is 328 g/mol. The van der Waals surface area contributed by atoms with E-state index in [2.05, 4.69) is 32.4 Å². The van der Waals surface area contributed by atoms with Crippen molar-refractivity contribution in [2.45, 2.75) is 32.7 Å². The summed E-state index contributed by atoms with van der Waals surface area (Å²) in [5.74, 6) is 1.67. The van der Waals surface area contributed by atoms with E-state index in [9.17, 15) is 4.79 Å². The number of rotatable bonds is 7. The van der Waals surface area contributed by atoms with Crippen molar-refractivity contribution < 1.29 is 4.79 Å². The Bertz CT molecular complexity index is 662. The third-order valence-corrected chi connectivity index (χ3v) is 4.84. The first-order valence-corrected chi connectivity index (χ1v) is 9.38. The van der Waals surface area contributed by atoms with Crippen molar-refractivity contribution in [3.8, 4) is 5.82 Å². The predicted octanol–water partition coefficient (Wildman–Crippen LogP) is 2.19. The van der Waals surface area contributed by atoms with E-state index in [1.807, 2.05) is 22.9 Å². The lowest BCUT2D eigenvalue weighted by Crippen LogP contribution is -2.38. The Hall–Kier alpha value is -2.41. The summed E-state index contributed by atoms with van der Waals surface area (Å²) >= 11 is 0. The molecule has 140 valence electrons. The number of amides is 2. The van der Waals surface area contributed by atoms with Gasteiger partial charge in [-0.15, -0.1) is 0 Å². The Balaban J connectivity index is 1.30. The molecule has 3 rings (SSSR count).